The monoisotopic (exact) mass is 517 g/mol. The fourth-order valence-corrected chi connectivity index (χ4v) is 7.70. The van der Waals surface area contributed by atoms with Crippen molar-refractivity contribution in [3.8, 4) is 0 Å². The predicted molar refractivity (Wildman–Crippen MR) is 99.5 cm³/mol. The van der Waals surface area contributed by atoms with Crippen molar-refractivity contribution < 1.29 is 111 Å². The van der Waals surface area contributed by atoms with Gasteiger partial charge in [0.1, 0.15) is 36.1 Å². The van der Waals surface area contributed by atoms with Crippen LogP contribution in [-0.2, 0) is 37.6 Å². The van der Waals surface area contributed by atoms with E-state index < -0.39 is 79.7 Å². The summed E-state index contributed by atoms with van der Waals surface area (Å²) in [5.74, 6) is -2.36. The minimum atomic E-state index is -5.28. The van der Waals surface area contributed by atoms with Crippen LogP contribution in [0.3, 0.4) is 0 Å². The number of esters is 1. The molecule has 7 aliphatic rings. The van der Waals surface area contributed by atoms with Crippen molar-refractivity contribution in [3.63, 3.8) is 0 Å². The maximum absolute atomic E-state index is 12.4. The van der Waals surface area contributed by atoms with Gasteiger partial charge in [0.2, 0.25) is 0 Å². The molecular weight excluding hydrogens is 489 g/mol. The van der Waals surface area contributed by atoms with Gasteiger partial charge < -0.3 is 42.6 Å². The number of hydrogen-bond donors (Lipinski definition) is 0. The van der Waals surface area contributed by atoms with E-state index in [-0.39, 0.29) is 89.0 Å². The molecule has 9 atom stereocenters. The van der Waals surface area contributed by atoms with Crippen molar-refractivity contribution in [3.05, 3.63) is 11.1 Å². The third-order valence-corrected chi connectivity index (χ3v) is 9.40. The van der Waals surface area contributed by atoms with Gasteiger partial charge in [0, 0.05) is 12.4 Å². The van der Waals surface area contributed by atoms with Crippen LogP contribution in [0.1, 0.15) is 44.1 Å². The van der Waals surface area contributed by atoms with Gasteiger partial charge in [0.05, 0.1) is 16.7 Å². The summed E-state index contributed by atoms with van der Waals surface area (Å²) in [6.45, 7) is 2.54. The van der Waals surface area contributed by atoms with Gasteiger partial charge in [-0.05, 0) is 36.6 Å². The van der Waals surface area contributed by atoms with Crippen LogP contribution in [0, 0.1) is 17.2 Å². The minimum Gasteiger partial charge on any atom is -0.790 e. The molecule has 0 aromatic carbocycles. The van der Waals surface area contributed by atoms with Crippen molar-refractivity contribution in [2.45, 2.75) is 81.3 Å². The zero-order chi connectivity index (χ0) is 25.2. The van der Waals surface area contributed by atoms with E-state index in [1.165, 1.54) is 0 Å². The fraction of sp³-hybridized carbons (Fsp3) is 0.857. The average molecular weight is 517 g/mol. The predicted octanol–water partition coefficient (Wildman–Crippen LogP) is -6.06. The summed E-state index contributed by atoms with van der Waals surface area (Å²) in [5, 5.41) is 0. The Morgan fingerprint density at radius 3 is 2.68 bits per heavy atom. The number of hydrogen-bond acceptors (Lipinski definition) is 10. The molecule has 13 heteroatoms. The number of phosphoric acid groups is 1. The molecule has 176 valence electrons. The Labute approximate surface area is 245 Å². The van der Waals surface area contributed by atoms with Crippen LogP contribution in [0.25, 0.3) is 0 Å². The van der Waals surface area contributed by atoms with Gasteiger partial charge in [-0.1, -0.05) is 20.8 Å². The van der Waals surface area contributed by atoms with Crippen molar-refractivity contribution in [2.24, 2.45) is 17.2 Å². The summed E-state index contributed by atoms with van der Waals surface area (Å²) in [6, 6.07) is 0. The normalized spacial score (nSPS) is 55.8. The van der Waals surface area contributed by atoms with Crippen molar-refractivity contribution in [2.75, 3.05) is 13.4 Å². The number of carbonyl (C=O) groups is 1. The quantitative estimate of drug-likeness (QED) is 0.114. The first-order chi connectivity index (χ1) is 16.1. The van der Waals surface area contributed by atoms with Gasteiger partial charge in [-0.25, -0.2) is 4.79 Å². The van der Waals surface area contributed by atoms with Crippen molar-refractivity contribution in [1.29, 1.82) is 0 Å². The van der Waals surface area contributed by atoms with E-state index in [4.69, 9.17) is 26.4 Å². The second kappa shape index (κ2) is 7.85. The number of fused-ring (bicyclic) bond motifs is 4. The summed E-state index contributed by atoms with van der Waals surface area (Å²) < 4.78 is 71.9. The summed E-state index contributed by atoms with van der Waals surface area (Å²) in [4.78, 5) is 34.6. The summed E-state index contributed by atoms with van der Waals surface area (Å²) in [7, 11) is -5.28. The van der Waals surface area contributed by atoms with E-state index >= 15 is 0 Å². The molecule has 10 nitrogen and oxygen atoms in total. The van der Waals surface area contributed by atoms with E-state index in [0.29, 0.717) is 6.42 Å². The number of epoxide rings is 3. The molecule has 7 rings (SSSR count). The van der Waals surface area contributed by atoms with Gasteiger partial charge in [-0.15, -0.1) is 0 Å². The van der Waals surface area contributed by atoms with Gasteiger partial charge in [0.15, 0.2) is 12.4 Å². The number of carbonyl (C=O) groups excluding carboxylic acids is 1. The fourth-order valence-electron chi connectivity index (χ4n) is 7.51. The molecule has 0 aromatic rings. The molecule has 0 amide bonds. The molecule has 0 N–H and O–H groups in total. The molecule has 4 heterocycles. The zero-order valence-corrected chi connectivity index (χ0v) is 24.6. The van der Waals surface area contributed by atoms with E-state index in [1.54, 1.807) is 0 Å². The van der Waals surface area contributed by atoms with Gasteiger partial charge in [-0.3, -0.25) is 0 Å². The smallest absolute Gasteiger partial charge is 0.790 e. The number of ether oxygens (including phenoxy) is 5. The van der Waals surface area contributed by atoms with Crippen molar-refractivity contribution >= 4 is 13.8 Å². The van der Waals surface area contributed by atoms with E-state index in [2.05, 4.69) is 4.52 Å². The SMILES string of the molecule is [2H]C1([2H])OC(=O)C2=C1[C@]1([2H])C[C@@H]3O[C@@]34[C@H](OCOP(=O)([O-])[O-])[C@@]3(C(C)C)O[C@H]3[C@@H]3O[C@@]34[C@@]1(C)CC2.[Na+].[Na+]. The molecule has 0 aromatic heterocycles. The van der Waals surface area contributed by atoms with Gasteiger partial charge in [-0.2, -0.15) is 0 Å². The third-order valence-electron chi connectivity index (χ3n) is 8.98. The van der Waals surface area contributed by atoms with Crippen molar-refractivity contribution in [1.82, 2.24) is 0 Å². The van der Waals surface area contributed by atoms with E-state index in [9.17, 15) is 20.5 Å². The van der Waals surface area contributed by atoms with Crippen LogP contribution in [0.4, 0.5) is 0 Å². The summed E-state index contributed by atoms with van der Waals surface area (Å²) in [5.41, 5.74) is -3.79. The first-order valence-corrected chi connectivity index (χ1v) is 12.4. The molecule has 0 bridgehead atoms. The Hall–Kier alpha value is 1.16. The first kappa shape index (κ1) is 23.1. The summed E-state index contributed by atoms with van der Waals surface area (Å²) >= 11 is 0. The Morgan fingerprint density at radius 2 is 2.00 bits per heavy atom. The molecule has 2 saturated carbocycles. The van der Waals surface area contributed by atoms with Crippen LogP contribution < -0.4 is 68.9 Å². The Bertz CT molecular complexity index is 1170. The molecule has 0 unspecified atom stereocenters. The van der Waals surface area contributed by atoms with Gasteiger partial charge >= 0.3 is 65.1 Å². The molecule has 2 spiro atoms. The van der Waals surface area contributed by atoms with E-state index in [0.717, 1.165) is 0 Å². The third kappa shape index (κ3) is 2.93. The zero-order valence-electron chi connectivity index (χ0n) is 22.7. The van der Waals surface area contributed by atoms with Crippen LogP contribution in [0.15, 0.2) is 11.1 Å². The second-order valence-corrected chi connectivity index (χ2v) is 11.5. The topological polar surface area (TPSA) is 146 Å². The van der Waals surface area contributed by atoms with Crippen LogP contribution in [0.2, 0.25) is 0 Å². The number of phosphoric ester groups is 1. The maximum atomic E-state index is 12.4. The van der Waals surface area contributed by atoms with Crippen LogP contribution in [0.5, 0.6) is 0 Å². The molecule has 3 aliphatic carbocycles. The standard InChI is InChI=1S/C21H27O10P.2Na/c1-9(2)19-14(30-19)15-21(31-15)18(3)5-4-10-11(7-26-16(10)22)12(18)6-13-20(21,29-13)17(19)27-8-28-32(23,24)25;;/h9,12-15,17H,4-8H2,1-3H3,(H2,23,24,25);;/q;2*+1/p-2/t12-,13-,14-,15-,17+,18-,19-,20+,21+;;/m0../s1/i7D2,12D;;. The maximum Gasteiger partial charge on any atom is 1.00 e. The van der Waals surface area contributed by atoms with E-state index in [1.807, 2.05) is 20.8 Å². The molecule has 0 radical (unpaired) electrons. The Morgan fingerprint density at radius 1 is 1.26 bits per heavy atom. The van der Waals surface area contributed by atoms with Crippen LogP contribution in [-0.4, -0.2) is 60.5 Å². The average Bonchev–Trinajstić information content (AvgIpc) is 3.59. The second-order valence-electron chi connectivity index (χ2n) is 10.3. The van der Waals surface area contributed by atoms with Gasteiger partial charge in [0.25, 0.3) is 0 Å². The Kier molecular flexibility index (Phi) is 5.33. The van der Waals surface area contributed by atoms with Crippen LogP contribution >= 0.6 is 7.82 Å². The molecule has 34 heavy (non-hydrogen) atoms. The largest absolute Gasteiger partial charge is 1.00 e. The molecule has 4 aliphatic heterocycles. The molecule has 5 fully saturated rings. The summed E-state index contributed by atoms with van der Waals surface area (Å²) in [6.07, 6.45) is -1.65. The number of cyclic esters (lactones) is 1. The molecular formula is C21H25Na2O10P. The Balaban J connectivity index is 0.00000140. The minimum absolute atomic E-state index is 0. The molecule has 3 saturated heterocycles. The number of rotatable bonds is 5. The first-order valence-electron chi connectivity index (χ1n) is 12.4.